The SMILES string of the molecule is C/C=C(/CCC(C)[C@H]1CCC2C3CCC4C[C@@H](O)CC[C@]4(C)C3CC[C@@]21C)C(C)C. The first-order chi connectivity index (χ1) is 14.2. The van der Waals surface area contributed by atoms with Gasteiger partial charge >= 0.3 is 0 Å². The highest BCUT2D eigenvalue weighted by molar-refractivity contribution is 5.10. The van der Waals surface area contributed by atoms with Crippen molar-refractivity contribution in [2.75, 3.05) is 0 Å². The van der Waals surface area contributed by atoms with Crippen molar-refractivity contribution in [1.29, 1.82) is 0 Å². The third-order valence-electron chi connectivity index (χ3n) is 11.4. The molecule has 30 heavy (non-hydrogen) atoms. The molecule has 0 saturated heterocycles. The van der Waals surface area contributed by atoms with Crippen LogP contribution < -0.4 is 0 Å². The molecule has 1 heteroatoms. The van der Waals surface area contributed by atoms with Crippen molar-refractivity contribution in [3.63, 3.8) is 0 Å². The molecule has 0 aromatic rings. The molecule has 172 valence electrons. The van der Waals surface area contributed by atoms with Crippen LogP contribution in [0.3, 0.4) is 0 Å². The van der Waals surface area contributed by atoms with Gasteiger partial charge in [-0.1, -0.05) is 46.3 Å². The third kappa shape index (κ3) is 3.74. The van der Waals surface area contributed by atoms with Crippen molar-refractivity contribution in [1.82, 2.24) is 0 Å². The Hall–Kier alpha value is -0.300. The lowest BCUT2D eigenvalue weighted by atomic mass is 9.44. The lowest BCUT2D eigenvalue weighted by Crippen LogP contribution is -2.54. The van der Waals surface area contributed by atoms with Crippen LogP contribution in [0.5, 0.6) is 0 Å². The highest BCUT2D eigenvalue weighted by atomic mass is 16.3. The van der Waals surface area contributed by atoms with Crippen LogP contribution in [0.1, 0.15) is 112 Å². The maximum Gasteiger partial charge on any atom is 0.0543 e. The van der Waals surface area contributed by atoms with Crippen LogP contribution in [0.25, 0.3) is 0 Å². The minimum absolute atomic E-state index is 0.0157. The van der Waals surface area contributed by atoms with Gasteiger partial charge in [0, 0.05) is 0 Å². The van der Waals surface area contributed by atoms with Gasteiger partial charge in [-0.15, -0.1) is 0 Å². The summed E-state index contributed by atoms with van der Waals surface area (Å²) in [5, 5.41) is 10.3. The predicted octanol–water partition coefficient (Wildman–Crippen LogP) is 8.02. The van der Waals surface area contributed by atoms with Crippen LogP contribution in [-0.2, 0) is 0 Å². The molecule has 0 spiro atoms. The molecule has 0 amide bonds. The van der Waals surface area contributed by atoms with Gasteiger partial charge in [0.05, 0.1) is 6.10 Å². The lowest BCUT2D eigenvalue weighted by Gasteiger charge is -2.61. The van der Waals surface area contributed by atoms with Gasteiger partial charge in [0.15, 0.2) is 0 Å². The predicted molar refractivity (Wildman–Crippen MR) is 128 cm³/mol. The summed E-state index contributed by atoms with van der Waals surface area (Å²) in [5.41, 5.74) is 2.77. The second-order valence-corrected chi connectivity index (χ2v) is 12.8. The van der Waals surface area contributed by atoms with Gasteiger partial charge in [-0.3, -0.25) is 0 Å². The van der Waals surface area contributed by atoms with E-state index in [-0.39, 0.29) is 6.10 Å². The molecular weight excluding hydrogens is 364 g/mol. The van der Waals surface area contributed by atoms with Crippen LogP contribution in [0.4, 0.5) is 0 Å². The molecule has 0 aromatic carbocycles. The summed E-state index contributed by atoms with van der Waals surface area (Å²) in [7, 11) is 0. The van der Waals surface area contributed by atoms with Gasteiger partial charge < -0.3 is 5.11 Å². The molecule has 0 heterocycles. The number of fused-ring (bicyclic) bond motifs is 5. The number of hydrogen-bond acceptors (Lipinski definition) is 1. The van der Waals surface area contributed by atoms with E-state index in [2.05, 4.69) is 47.6 Å². The minimum Gasteiger partial charge on any atom is -0.393 e. The van der Waals surface area contributed by atoms with E-state index >= 15 is 0 Å². The Labute approximate surface area is 187 Å². The van der Waals surface area contributed by atoms with Gasteiger partial charge in [0.1, 0.15) is 0 Å². The third-order valence-corrected chi connectivity index (χ3v) is 11.4. The number of rotatable bonds is 5. The topological polar surface area (TPSA) is 20.2 Å². The molecule has 4 rings (SSSR count). The van der Waals surface area contributed by atoms with Crippen molar-refractivity contribution in [2.24, 2.45) is 52.3 Å². The minimum atomic E-state index is -0.0157. The van der Waals surface area contributed by atoms with E-state index in [1.54, 1.807) is 5.57 Å². The first kappa shape index (κ1) is 22.9. The average Bonchev–Trinajstić information content (AvgIpc) is 3.06. The Balaban J connectivity index is 1.46. The number of allylic oxidation sites excluding steroid dienone is 2. The van der Waals surface area contributed by atoms with E-state index in [9.17, 15) is 5.11 Å². The lowest BCUT2D eigenvalue weighted by molar-refractivity contribution is -0.129. The molecule has 4 saturated carbocycles. The van der Waals surface area contributed by atoms with E-state index in [4.69, 9.17) is 0 Å². The van der Waals surface area contributed by atoms with Crippen LogP contribution in [0.2, 0.25) is 0 Å². The van der Waals surface area contributed by atoms with E-state index in [0.29, 0.717) is 16.7 Å². The molecule has 0 bridgehead atoms. The standard InChI is InChI=1S/C29H50O/c1-7-21(19(2)3)9-8-20(4)25-12-13-26-24-11-10-22-18-23(30)14-16-28(22,5)27(24)15-17-29(25,26)6/h7,19-20,22-27,30H,8-18H2,1-6H3/b21-7-/t20?,22?,23-,24?,25+,26?,27?,28-,29+/m0/s1. The van der Waals surface area contributed by atoms with Crippen molar-refractivity contribution >= 4 is 0 Å². The first-order valence-electron chi connectivity index (χ1n) is 13.5. The number of aliphatic hydroxyl groups excluding tert-OH is 1. The summed E-state index contributed by atoms with van der Waals surface area (Å²) in [5.74, 6) is 6.17. The maximum absolute atomic E-state index is 10.3. The summed E-state index contributed by atoms with van der Waals surface area (Å²) in [6, 6.07) is 0. The second kappa shape index (κ2) is 8.57. The highest BCUT2D eigenvalue weighted by Gasteiger charge is 2.60. The molecule has 4 fully saturated rings. The molecule has 1 nitrogen and oxygen atoms in total. The Morgan fingerprint density at radius 2 is 1.63 bits per heavy atom. The van der Waals surface area contributed by atoms with Crippen LogP contribution >= 0.6 is 0 Å². The molecule has 1 N–H and O–H groups in total. The smallest absolute Gasteiger partial charge is 0.0543 e. The monoisotopic (exact) mass is 414 g/mol. The van der Waals surface area contributed by atoms with E-state index in [0.717, 1.165) is 48.3 Å². The van der Waals surface area contributed by atoms with E-state index in [1.807, 2.05) is 0 Å². The van der Waals surface area contributed by atoms with Crippen molar-refractivity contribution in [3.05, 3.63) is 11.6 Å². The van der Waals surface area contributed by atoms with E-state index < -0.39 is 0 Å². The fraction of sp³-hybridized carbons (Fsp3) is 0.931. The molecule has 9 atom stereocenters. The largest absolute Gasteiger partial charge is 0.393 e. The average molecular weight is 415 g/mol. The summed E-state index contributed by atoms with van der Waals surface area (Å²) in [4.78, 5) is 0. The quantitative estimate of drug-likeness (QED) is 0.451. The van der Waals surface area contributed by atoms with E-state index in [1.165, 1.54) is 57.8 Å². The number of aliphatic hydroxyl groups is 1. The van der Waals surface area contributed by atoms with Crippen molar-refractivity contribution in [3.8, 4) is 0 Å². The zero-order chi connectivity index (χ0) is 21.7. The van der Waals surface area contributed by atoms with Gasteiger partial charge in [-0.25, -0.2) is 0 Å². The van der Waals surface area contributed by atoms with Crippen molar-refractivity contribution < 1.29 is 5.11 Å². The summed E-state index contributed by atoms with van der Waals surface area (Å²) < 4.78 is 0. The Bertz CT molecular complexity index is 634. The molecule has 4 aliphatic carbocycles. The van der Waals surface area contributed by atoms with Gasteiger partial charge in [-0.05, 0) is 130 Å². The Kier molecular flexibility index (Phi) is 6.53. The van der Waals surface area contributed by atoms with Gasteiger partial charge in [0.25, 0.3) is 0 Å². The fourth-order valence-electron chi connectivity index (χ4n) is 9.57. The Morgan fingerprint density at radius 3 is 2.33 bits per heavy atom. The van der Waals surface area contributed by atoms with Crippen LogP contribution in [-0.4, -0.2) is 11.2 Å². The molecule has 5 unspecified atom stereocenters. The van der Waals surface area contributed by atoms with Gasteiger partial charge in [0.2, 0.25) is 0 Å². The zero-order valence-corrected chi connectivity index (χ0v) is 20.9. The highest BCUT2D eigenvalue weighted by Crippen LogP contribution is 2.68. The first-order valence-corrected chi connectivity index (χ1v) is 13.5. The summed E-state index contributed by atoms with van der Waals surface area (Å²) >= 11 is 0. The Morgan fingerprint density at radius 1 is 0.933 bits per heavy atom. The molecular formula is C29H50O. The number of hydrogen-bond donors (Lipinski definition) is 1. The second-order valence-electron chi connectivity index (χ2n) is 12.8. The van der Waals surface area contributed by atoms with Crippen molar-refractivity contribution in [2.45, 2.75) is 118 Å². The molecule has 0 aliphatic heterocycles. The van der Waals surface area contributed by atoms with Gasteiger partial charge in [-0.2, -0.15) is 0 Å². The maximum atomic E-state index is 10.3. The van der Waals surface area contributed by atoms with Crippen LogP contribution in [0.15, 0.2) is 11.6 Å². The summed E-state index contributed by atoms with van der Waals surface area (Å²) in [6.45, 7) is 14.9. The molecule has 0 aromatic heterocycles. The molecule has 0 radical (unpaired) electrons. The zero-order valence-electron chi connectivity index (χ0n) is 20.9. The van der Waals surface area contributed by atoms with Crippen LogP contribution in [0, 0.1) is 52.3 Å². The normalized spacial score (nSPS) is 47.5. The fourth-order valence-corrected chi connectivity index (χ4v) is 9.57. The summed E-state index contributed by atoms with van der Waals surface area (Å²) in [6.07, 6.45) is 17.2. The molecule has 4 aliphatic rings.